The molecule has 1 amide bonds. The zero-order valence-corrected chi connectivity index (χ0v) is 11.5. The second kappa shape index (κ2) is 5.59. The average Bonchev–Trinajstić information content (AvgIpc) is 2.36. The molecule has 0 radical (unpaired) electrons. The highest BCUT2D eigenvalue weighted by Gasteiger charge is 2.13. The van der Waals surface area contributed by atoms with E-state index in [1.54, 1.807) is 25.1 Å². The largest absolute Gasteiger partial charge is 0.320 e. The van der Waals surface area contributed by atoms with Crippen LogP contribution in [0.4, 0.5) is 10.1 Å². The maximum Gasteiger partial charge on any atom is 0.258 e. The first-order valence-electron chi connectivity index (χ1n) is 5.50. The number of aryl methyl sites for hydroxylation is 1. The van der Waals surface area contributed by atoms with Crippen LogP contribution in [0.25, 0.3) is 0 Å². The Morgan fingerprint density at radius 2 is 1.89 bits per heavy atom. The molecule has 2 aromatic rings. The molecule has 19 heavy (non-hydrogen) atoms. The second-order valence-corrected chi connectivity index (χ2v) is 4.91. The zero-order chi connectivity index (χ0) is 14.0. The molecular formula is C14H10Cl2FNO. The molecule has 0 heterocycles. The molecular weight excluding hydrogens is 288 g/mol. The molecule has 0 fully saturated rings. The number of rotatable bonds is 2. The molecule has 0 bridgehead atoms. The molecule has 0 aliphatic rings. The number of anilines is 1. The van der Waals surface area contributed by atoms with Crippen molar-refractivity contribution in [1.82, 2.24) is 0 Å². The van der Waals surface area contributed by atoms with Gasteiger partial charge < -0.3 is 5.32 Å². The lowest BCUT2D eigenvalue weighted by Crippen LogP contribution is -2.14. The predicted molar refractivity (Wildman–Crippen MR) is 75.6 cm³/mol. The van der Waals surface area contributed by atoms with Gasteiger partial charge in [0.1, 0.15) is 5.82 Å². The highest BCUT2D eigenvalue weighted by atomic mass is 35.5. The lowest BCUT2D eigenvalue weighted by molar-refractivity contribution is 0.102. The van der Waals surface area contributed by atoms with Gasteiger partial charge in [-0.15, -0.1) is 0 Å². The number of carbonyl (C=O) groups excluding carboxylic acids is 1. The summed E-state index contributed by atoms with van der Waals surface area (Å²) in [7, 11) is 0. The first kappa shape index (κ1) is 13.8. The Balaban J connectivity index is 2.30. The number of amides is 1. The van der Waals surface area contributed by atoms with E-state index in [9.17, 15) is 9.18 Å². The number of benzene rings is 2. The van der Waals surface area contributed by atoms with E-state index < -0.39 is 11.7 Å². The molecule has 0 spiro atoms. The summed E-state index contributed by atoms with van der Waals surface area (Å²) in [6, 6.07) is 9.00. The van der Waals surface area contributed by atoms with Gasteiger partial charge in [0.05, 0.1) is 16.3 Å². The Morgan fingerprint density at radius 3 is 2.63 bits per heavy atom. The fourth-order valence-electron chi connectivity index (χ4n) is 1.60. The van der Waals surface area contributed by atoms with Crippen molar-refractivity contribution in [1.29, 1.82) is 0 Å². The number of hydrogen-bond acceptors (Lipinski definition) is 1. The fourth-order valence-corrected chi connectivity index (χ4v) is 1.93. The molecule has 1 N–H and O–H groups in total. The Hall–Kier alpha value is -1.58. The standard InChI is InChI=1S/C14H10Cl2FNO/c1-8-2-5-12(17)10(6-8)14(19)18-13-7-9(15)3-4-11(13)16/h2-7H,1H3,(H,18,19). The number of carbonyl (C=O) groups is 1. The summed E-state index contributed by atoms with van der Waals surface area (Å²) in [4.78, 5) is 12.0. The van der Waals surface area contributed by atoms with Crippen molar-refractivity contribution in [3.8, 4) is 0 Å². The summed E-state index contributed by atoms with van der Waals surface area (Å²) in [6.45, 7) is 1.78. The van der Waals surface area contributed by atoms with Gasteiger partial charge >= 0.3 is 0 Å². The third-order valence-corrected chi connectivity index (χ3v) is 3.11. The summed E-state index contributed by atoms with van der Waals surface area (Å²) < 4.78 is 13.6. The SMILES string of the molecule is Cc1ccc(F)c(C(=O)Nc2cc(Cl)ccc2Cl)c1. The highest BCUT2D eigenvalue weighted by molar-refractivity contribution is 6.35. The fraction of sp³-hybridized carbons (Fsp3) is 0.0714. The summed E-state index contributed by atoms with van der Waals surface area (Å²) in [6.07, 6.45) is 0. The average molecular weight is 298 g/mol. The van der Waals surface area contributed by atoms with E-state index in [1.807, 2.05) is 0 Å². The van der Waals surface area contributed by atoms with E-state index in [0.717, 1.165) is 5.56 Å². The van der Waals surface area contributed by atoms with Crippen molar-refractivity contribution in [2.45, 2.75) is 6.92 Å². The third-order valence-electron chi connectivity index (χ3n) is 2.54. The monoisotopic (exact) mass is 297 g/mol. The second-order valence-electron chi connectivity index (χ2n) is 4.06. The normalized spacial score (nSPS) is 10.3. The van der Waals surface area contributed by atoms with Crippen molar-refractivity contribution >= 4 is 34.8 Å². The van der Waals surface area contributed by atoms with Crippen molar-refractivity contribution in [2.24, 2.45) is 0 Å². The van der Waals surface area contributed by atoms with Crippen LogP contribution in [-0.4, -0.2) is 5.91 Å². The molecule has 0 aromatic heterocycles. The number of halogens is 3. The Bertz CT molecular complexity index is 643. The van der Waals surface area contributed by atoms with Gasteiger partial charge in [0.25, 0.3) is 5.91 Å². The summed E-state index contributed by atoms with van der Waals surface area (Å²) >= 11 is 11.8. The van der Waals surface area contributed by atoms with Crippen molar-refractivity contribution in [3.05, 3.63) is 63.4 Å². The Labute approximate surface area is 120 Å². The van der Waals surface area contributed by atoms with Crippen molar-refractivity contribution < 1.29 is 9.18 Å². The molecule has 0 aliphatic carbocycles. The third kappa shape index (κ3) is 3.25. The van der Waals surface area contributed by atoms with Crippen molar-refractivity contribution in [3.63, 3.8) is 0 Å². The quantitative estimate of drug-likeness (QED) is 0.856. The number of nitrogens with one attached hydrogen (secondary N) is 1. The van der Waals surface area contributed by atoms with Gasteiger partial charge in [0, 0.05) is 5.02 Å². The first-order valence-corrected chi connectivity index (χ1v) is 6.25. The molecule has 0 saturated heterocycles. The maximum atomic E-state index is 13.6. The zero-order valence-electron chi connectivity index (χ0n) is 10.0. The summed E-state index contributed by atoms with van der Waals surface area (Å²) in [5.41, 5.74) is 1.11. The van der Waals surface area contributed by atoms with Crippen LogP contribution in [0.1, 0.15) is 15.9 Å². The Kier molecular flexibility index (Phi) is 4.08. The van der Waals surface area contributed by atoms with E-state index >= 15 is 0 Å². The molecule has 5 heteroatoms. The minimum Gasteiger partial charge on any atom is -0.320 e. The first-order chi connectivity index (χ1) is 8.97. The van der Waals surface area contributed by atoms with Gasteiger partial charge in [0.15, 0.2) is 0 Å². The molecule has 2 aromatic carbocycles. The molecule has 0 unspecified atom stereocenters. The summed E-state index contributed by atoms with van der Waals surface area (Å²) in [5, 5.41) is 3.31. The molecule has 2 rings (SSSR count). The topological polar surface area (TPSA) is 29.1 Å². The van der Waals surface area contributed by atoms with Crippen LogP contribution < -0.4 is 5.32 Å². The van der Waals surface area contributed by atoms with Crippen LogP contribution in [-0.2, 0) is 0 Å². The van der Waals surface area contributed by atoms with Crippen LogP contribution in [0, 0.1) is 12.7 Å². The van der Waals surface area contributed by atoms with Gasteiger partial charge in [0.2, 0.25) is 0 Å². The van der Waals surface area contributed by atoms with E-state index in [4.69, 9.17) is 23.2 Å². The van der Waals surface area contributed by atoms with Crippen LogP contribution in [0.3, 0.4) is 0 Å². The van der Waals surface area contributed by atoms with E-state index in [1.165, 1.54) is 18.2 Å². The van der Waals surface area contributed by atoms with E-state index in [-0.39, 0.29) is 5.56 Å². The van der Waals surface area contributed by atoms with Gasteiger partial charge in [-0.3, -0.25) is 4.79 Å². The molecule has 0 saturated carbocycles. The minimum atomic E-state index is -0.582. The van der Waals surface area contributed by atoms with E-state index in [2.05, 4.69) is 5.32 Å². The van der Waals surface area contributed by atoms with Crippen molar-refractivity contribution in [2.75, 3.05) is 5.32 Å². The van der Waals surface area contributed by atoms with Gasteiger partial charge in [-0.05, 0) is 37.3 Å². The Morgan fingerprint density at radius 1 is 1.16 bits per heavy atom. The molecule has 0 atom stereocenters. The van der Waals surface area contributed by atoms with Crippen LogP contribution in [0.5, 0.6) is 0 Å². The smallest absolute Gasteiger partial charge is 0.258 e. The van der Waals surface area contributed by atoms with E-state index in [0.29, 0.717) is 15.7 Å². The minimum absolute atomic E-state index is 0.0314. The van der Waals surface area contributed by atoms with Gasteiger partial charge in [-0.1, -0.05) is 34.8 Å². The van der Waals surface area contributed by atoms with Crippen LogP contribution in [0.15, 0.2) is 36.4 Å². The highest BCUT2D eigenvalue weighted by Crippen LogP contribution is 2.26. The van der Waals surface area contributed by atoms with Gasteiger partial charge in [-0.2, -0.15) is 0 Å². The van der Waals surface area contributed by atoms with Crippen LogP contribution >= 0.6 is 23.2 Å². The number of hydrogen-bond donors (Lipinski definition) is 1. The van der Waals surface area contributed by atoms with Crippen LogP contribution in [0.2, 0.25) is 10.0 Å². The molecule has 0 aliphatic heterocycles. The van der Waals surface area contributed by atoms with Gasteiger partial charge in [-0.25, -0.2) is 4.39 Å². The molecule has 2 nitrogen and oxygen atoms in total. The lowest BCUT2D eigenvalue weighted by atomic mass is 10.1. The molecule has 98 valence electrons. The summed E-state index contributed by atoms with van der Waals surface area (Å²) in [5.74, 6) is -1.15. The predicted octanol–water partition coefficient (Wildman–Crippen LogP) is 4.69. The lowest BCUT2D eigenvalue weighted by Gasteiger charge is -2.09. The maximum absolute atomic E-state index is 13.6.